The minimum Gasteiger partial charge on any atom is -0.497 e. The number of hydrogen-bond acceptors (Lipinski definition) is 5. The number of piperidine rings is 3. The number of nitrogens with zero attached hydrogens (tertiary/aromatic N) is 2. The average Bonchev–Trinajstić information content (AvgIpc) is 3.28. The number of fused-ring (bicyclic) bond motifs is 3. The smallest absolute Gasteiger partial charge is 0.160 e. The Morgan fingerprint density at radius 1 is 1.03 bits per heavy atom. The Hall–Kier alpha value is -3.05. The molecule has 0 atom stereocenters. The summed E-state index contributed by atoms with van der Waals surface area (Å²) in [4.78, 5) is 2.52. The molecule has 0 aliphatic carbocycles. The second kappa shape index (κ2) is 8.36. The predicted molar refractivity (Wildman–Crippen MR) is 116 cm³/mol. The first kappa shape index (κ1) is 18.9. The van der Waals surface area contributed by atoms with Crippen molar-refractivity contribution in [3.05, 3.63) is 71.5 Å². The van der Waals surface area contributed by atoms with Gasteiger partial charge in [0.1, 0.15) is 23.8 Å². The Labute approximate surface area is 176 Å². The molecule has 3 aromatic rings. The lowest BCUT2D eigenvalue weighted by atomic mass is 9.83. The Bertz CT molecular complexity index is 1010. The predicted octanol–water partition coefficient (Wildman–Crippen LogP) is 5.04. The summed E-state index contributed by atoms with van der Waals surface area (Å²) in [5.74, 6) is 3.23. The minimum atomic E-state index is 0.517. The zero-order chi connectivity index (χ0) is 20.3. The highest BCUT2D eigenvalue weighted by Crippen LogP contribution is 2.33. The first-order valence-corrected chi connectivity index (χ1v) is 10.5. The maximum Gasteiger partial charge on any atom is 0.160 e. The molecule has 0 radical (unpaired) electrons. The first-order chi connectivity index (χ1) is 14.8. The molecule has 0 saturated carbocycles. The maximum atomic E-state index is 5.89. The third-order valence-electron chi connectivity index (χ3n) is 6.09. The number of hydrogen-bond donors (Lipinski definition) is 0. The summed E-state index contributed by atoms with van der Waals surface area (Å²) in [5.41, 5.74) is 4.46. The van der Waals surface area contributed by atoms with Gasteiger partial charge < -0.3 is 14.0 Å². The molecule has 2 bridgehead atoms. The first-order valence-electron chi connectivity index (χ1n) is 10.5. The van der Waals surface area contributed by atoms with E-state index in [9.17, 15) is 0 Å². The topological polar surface area (TPSA) is 47.7 Å². The molecule has 0 spiro atoms. The van der Waals surface area contributed by atoms with Gasteiger partial charge in [0.05, 0.1) is 7.11 Å². The van der Waals surface area contributed by atoms with Crippen molar-refractivity contribution < 1.29 is 14.0 Å². The zero-order valence-electron chi connectivity index (χ0n) is 17.2. The Morgan fingerprint density at radius 3 is 2.43 bits per heavy atom. The van der Waals surface area contributed by atoms with Crippen molar-refractivity contribution in [1.29, 1.82) is 0 Å². The van der Waals surface area contributed by atoms with Gasteiger partial charge in [-0.2, -0.15) is 0 Å². The summed E-state index contributed by atoms with van der Waals surface area (Å²) in [7, 11) is 1.67. The molecule has 1 aromatic heterocycles. The van der Waals surface area contributed by atoms with E-state index in [1.165, 1.54) is 31.5 Å². The van der Waals surface area contributed by atoms with Crippen LogP contribution in [0.15, 0.2) is 64.7 Å². The third-order valence-corrected chi connectivity index (χ3v) is 6.09. The summed E-state index contributed by atoms with van der Waals surface area (Å²) < 4.78 is 16.7. The molecule has 5 nitrogen and oxygen atoms in total. The lowest BCUT2D eigenvalue weighted by Crippen LogP contribution is -2.42. The molecule has 2 aromatic carbocycles. The van der Waals surface area contributed by atoms with Crippen LogP contribution in [-0.2, 0) is 6.61 Å². The largest absolute Gasteiger partial charge is 0.497 e. The second-order valence-electron chi connectivity index (χ2n) is 8.05. The van der Waals surface area contributed by atoms with Gasteiger partial charge in [0, 0.05) is 18.2 Å². The van der Waals surface area contributed by atoms with E-state index < -0.39 is 0 Å². The van der Waals surface area contributed by atoms with E-state index >= 15 is 0 Å². The van der Waals surface area contributed by atoms with E-state index in [1.54, 1.807) is 7.11 Å². The van der Waals surface area contributed by atoms with Gasteiger partial charge in [-0.1, -0.05) is 17.3 Å². The van der Waals surface area contributed by atoms with Crippen molar-refractivity contribution in [3.8, 4) is 22.8 Å². The molecule has 3 aliphatic heterocycles. The lowest BCUT2D eigenvalue weighted by molar-refractivity contribution is 0.163. The van der Waals surface area contributed by atoms with Crippen molar-refractivity contribution >= 4 is 6.08 Å². The van der Waals surface area contributed by atoms with Crippen LogP contribution in [0.25, 0.3) is 17.3 Å². The van der Waals surface area contributed by atoms with Crippen LogP contribution in [-0.4, -0.2) is 36.8 Å². The molecule has 154 valence electrons. The van der Waals surface area contributed by atoms with Crippen molar-refractivity contribution in [2.75, 3.05) is 26.7 Å². The summed E-state index contributed by atoms with van der Waals surface area (Å²) in [6.45, 7) is 4.05. The van der Waals surface area contributed by atoms with Gasteiger partial charge >= 0.3 is 0 Å². The second-order valence-corrected chi connectivity index (χ2v) is 8.05. The van der Waals surface area contributed by atoms with Crippen molar-refractivity contribution in [1.82, 2.24) is 10.1 Å². The van der Waals surface area contributed by atoms with Gasteiger partial charge in [-0.25, -0.2) is 0 Å². The molecule has 0 N–H and O–H groups in total. The Morgan fingerprint density at radius 2 is 1.77 bits per heavy atom. The molecule has 4 heterocycles. The van der Waals surface area contributed by atoms with Crippen LogP contribution in [0.4, 0.5) is 0 Å². The molecule has 30 heavy (non-hydrogen) atoms. The van der Waals surface area contributed by atoms with E-state index in [-0.39, 0.29) is 0 Å². The van der Waals surface area contributed by atoms with Gasteiger partial charge in [0.15, 0.2) is 5.76 Å². The highest BCUT2D eigenvalue weighted by molar-refractivity contribution is 5.63. The van der Waals surface area contributed by atoms with Gasteiger partial charge in [-0.05, 0) is 85.5 Å². The van der Waals surface area contributed by atoms with Gasteiger partial charge in [0.25, 0.3) is 0 Å². The zero-order valence-corrected chi connectivity index (χ0v) is 17.2. The highest BCUT2D eigenvalue weighted by Gasteiger charge is 2.29. The van der Waals surface area contributed by atoms with Crippen LogP contribution in [0.5, 0.6) is 11.5 Å². The summed E-state index contributed by atoms with van der Waals surface area (Å²) in [5, 5.41) is 4.27. The highest BCUT2D eigenvalue weighted by atomic mass is 16.5. The van der Waals surface area contributed by atoms with E-state index in [4.69, 9.17) is 14.0 Å². The van der Waals surface area contributed by atoms with Crippen LogP contribution in [0.2, 0.25) is 0 Å². The fourth-order valence-electron chi connectivity index (χ4n) is 4.30. The summed E-state index contributed by atoms with van der Waals surface area (Å²) in [6, 6.07) is 17.9. The maximum absolute atomic E-state index is 5.89. The number of rotatable bonds is 6. The normalized spacial score (nSPS) is 21.7. The third kappa shape index (κ3) is 4.12. The van der Waals surface area contributed by atoms with Gasteiger partial charge in [-0.15, -0.1) is 0 Å². The van der Waals surface area contributed by atoms with Crippen LogP contribution in [0.3, 0.4) is 0 Å². The molecular weight excluding hydrogens is 376 g/mol. The molecule has 5 heteroatoms. The number of aromatic nitrogens is 1. The van der Waals surface area contributed by atoms with E-state index in [2.05, 4.69) is 16.1 Å². The quantitative estimate of drug-likeness (QED) is 0.578. The average molecular weight is 402 g/mol. The molecule has 3 fully saturated rings. The van der Waals surface area contributed by atoms with Crippen LogP contribution < -0.4 is 9.47 Å². The monoisotopic (exact) mass is 402 g/mol. The van der Waals surface area contributed by atoms with Crippen LogP contribution >= 0.6 is 0 Å². The number of ether oxygens (including phenoxy) is 2. The summed E-state index contributed by atoms with van der Waals surface area (Å²) >= 11 is 0. The van der Waals surface area contributed by atoms with Crippen molar-refractivity contribution in [3.63, 3.8) is 0 Å². The van der Waals surface area contributed by atoms with Gasteiger partial charge in [-0.3, -0.25) is 4.90 Å². The van der Waals surface area contributed by atoms with E-state index in [1.807, 2.05) is 54.6 Å². The van der Waals surface area contributed by atoms with Crippen molar-refractivity contribution in [2.24, 2.45) is 5.92 Å². The Kier molecular flexibility index (Phi) is 5.28. The molecular formula is C25H26N2O3. The Balaban J connectivity index is 1.22. The number of methoxy groups -OCH3 is 1. The van der Waals surface area contributed by atoms with E-state index in [0.29, 0.717) is 12.5 Å². The molecule has 3 saturated heterocycles. The fraction of sp³-hybridized carbons (Fsp3) is 0.320. The molecule has 6 rings (SSSR count). The minimum absolute atomic E-state index is 0.517. The summed E-state index contributed by atoms with van der Waals surface area (Å²) in [6.07, 6.45) is 4.73. The lowest BCUT2D eigenvalue weighted by Gasteiger charge is -2.40. The van der Waals surface area contributed by atoms with Crippen LogP contribution in [0.1, 0.15) is 24.2 Å². The van der Waals surface area contributed by atoms with E-state index in [0.717, 1.165) is 40.6 Å². The van der Waals surface area contributed by atoms with Crippen LogP contribution in [0, 0.1) is 5.92 Å². The number of benzene rings is 2. The van der Waals surface area contributed by atoms with Crippen molar-refractivity contribution in [2.45, 2.75) is 19.4 Å². The SMILES string of the molecule is COc1ccc(COc2ccc(-c3cc(/C=C4\CN5CCC4CC5)on3)cc2)cc1. The fourth-order valence-corrected chi connectivity index (χ4v) is 4.30. The molecule has 3 aliphatic rings. The molecule has 0 unspecified atom stereocenters. The van der Waals surface area contributed by atoms with Gasteiger partial charge in [0.2, 0.25) is 0 Å². The molecule has 0 amide bonds. The standard InChI is InChI=1S/C25H26N2O3/c1-28-22-6-2-18(3-7-22)17-29-23-8-4-20(5-9-23)25-15-24(30-26-25)14-21-16-27-12-10-19(21)11-13-27/h2-9,14-15,19H,10-13,16-17H2,1H3/b21-14+.